The summed E-state index contributed by atoms with van der Waals surface area (Å²) in [5.41, 5.74) is 1.23. The van der Waals surface area contributed by atoms with E-state index in [0.29, 0.717) is 6.04 Å². The summed E-state index contributed by atoms with van der Waals surface area (Å²) in [5, 5.41) is 3.76. The Kier molecular flexibility index (Phi) is 8.16. The van der Waals surface area contributed by atoms with Crippen LogP contribution in [0.4, 0.5) is 5.69 Å². The molecule has 0 atom stereocenters. The number of benzene rings is 1. The number of nitrogens with one attached hydrogen (secondary N) is 1. The molecule has 1 nitrogen and oxygen atoms in total. The molecule has 0 amide bonds. The van der Waals surface area contributed by atoms with Gasteiger partial charge in [0.2, 0.25) is 0 Å². The predicted octanol–water partition coefficient (Wildman–Crippen LogP) is 7.30. The second kappa shape index (κ2) is 9.89. The standard InChI is InChI=1S/C18H27Br2N/c19-15-12-13-18(17(20)14-15)21-16-10-8-6-4-2-1-3-5-7-9-11-16/h12-14,16,21H,1-11H2. The van der Waals surface area contributed by atoms with Gasteiger partial charge in [0.15, 0.2) is 0 Å². The molecule has 0 unspecified atom stereocenters. The largest absolute Gasteiger partial charge is 0.381 e. The van der Waals surface area contributed by atoms with Gasteiger partial charge in [-0.05, 0) is 47.0 Å². The number of hydrogen-bond donors (Lipinski definition) is 1. The normalized spacial score (nSPS) is 19.5. The SMILES string of the molecule is Brc1ccc(NC2CCCCCCCCCCC2)c(Br)c1. The Labute approximate surface area is 146 Å². The van der Waals surface area contributed by atoms with Crippen LogP contribution in [0.15, 0.2) is 27.1 Å². The van der Waals surface area contributed by atoms with Crippen LogP contribution in [0.1, 0.15) is 70.6 Å². The van der Waals surface area contributed by atoms with Crippen LogP contribution < -0.4 is 5.32 Å². The van der Waals surface area contributed by atoms with Crippen molar-refractivity contribution in [3.63, 3.8) is 0 Å². The van der Waals surface area contributed by atoms with E-state index >= 15 is 0 Å². The average Bonchev–Trinajstić information content (AvgIpc) is 2.44. The summed E-state index contributed by atoms with van der Waals surface area (Å²) in [6, 6.07) is 7.03. The van der Waals surface area contributed by atoms with Gasteiger partial charge in [0, 0.05) is 20.7 Å². The third-order valence-corrected chi connectivity index (χ3v) is 5.55. The number of rotatable bonds is 2. The van der Waals surface area contributed by atoms with E-state index in [1.165, 1.54) is 76.3 Å². The fourth-order valence-corrected chi connectivity index (χ4v) is 4.30. The summed E-state index contributed by atoms with van der Waals surface area (Å²) < 4.78 is 2.28. The van der Waals surface area contributed by atoms with Gasteiger partial charge in [-0.25, -0.2) is 0 Å². The van der Waals surface area contributed by atoms with Crippen LogP contribution in [0.5, 0.6) is 0 Å². The van der Waals surface area contributed by atoms with Crippen molar-refractivity contribution in [3.05, 3.63) is 27.1 Å². The van der Waals surface area contributed by atoms with E-state index in [-0.39, 0.29) is 0 Å². The van der Waals surface area contributed by atoms with Crippen LogP contribution in [0, 0.1) is 0 Å². The summed E-state index contributed by atoms with van der Waals surface area (Å²) in [4.78, 5) is 0. The minimum absolute atomic E-state index is 0.627. The smallest absolute Gasteiger partial charge is 0.0487 e. The minimum Gasteiger partial charge on any atom is -0.381 e. The molecule has 0 aliphatic heterocycles. The highest BCUT2D eigenvalue weighted by atomic mass is 79.9. The zero-order valence-corrected chi connectivity index (χ0v) is 16.0. The van der Waals surface area contributed by atoms with Gasteiger partial charge >= 0.3 is 0 Å². The van der Waals surface area contributed by atoms with Crippen molar-refractivity contribution < 1.29 is 0 Å². The van der Waals surface area contributed by atoms with Gasteiger partial charge in [-0.2, -0.15) is 0 Å². The predicted molar refractivity (Wildman–Crippen MR) is 100 cm³/mol. The van der Waals surface area contributed by atoms with Crippen LogP contribution in [0.3, 0.4) is 0 Å². The van der Waals surface area contributed by atoms with Crippen molar-refractivity contribution in [2.24, 2.45) is 0 Å². The molecule has 1 aromatic carbocycles. The summed E-state index contributed by atoms with van der Waals surface area (Å²) in [5.74, 6) is 0. The Morgan fingerprint density at radius 3 is 1.81 bits per heavy atom. The maximum absolute atomic E-state index is 3.76. The first-order chi connectivity index (χ1) is 10.3. The summed E-state index contributed by atoms with van der Waals surface area (Å²) in [6.07, 6.45) is 15.3. The first-order valence-electron chi connectivity index (χ1n) is 8.47. The van der Waals surface area contributed by atoms with Crippen LogP contribution in [0.25, 0.3) is 0 Å². The van der Waals surface area contributed by atoms with E-state index < -0.39 is 0 Å². The molecular weight excluding hydrogens is 390 g/mol. The minimum atomic E-state index is 0.627. The van der Waals surface area contributed by atoms with Crippen molar-refractivity contribution in [2.45, 2.75) is 76.7 Å². The van der Waals surface area contributed by atoms with Crippen LogP contribution in [0.2, 0.25) is 0 Å². The molecule has 1 aromatic rings. The second-order valence-electron chi connectivity index (χ2n) is 6.22. The number of halogens is 2. The first kappa shape index (κ1) is 17.3. The van der Waals surface area contributed by atoms with E-state index in [2.05, 4.69) is 55.4 Å². The highest BCUT2D eigenvalue weighted by Crippen LogP contribution is 2.28. The van der Waals surface area contributed by atoms with Gasteiger partial charge in [0.05, 0.1) is 0 Å². The molecule has 0 bridgehead atoms. The van der Waals surface area contributed by atoms with Gasteiger partial charge < -0.3 is 5.32 Å². The van der Waals surface area contributed by atoms with Crippen LogP contribution in [-0.4, -0.2) is 6.04 Å². The van der Waals surface area contributed by atoms with Gasteiger partial charge in [-0.3, -0.25) is 0 Å². The lowest BCUT2D eigenvalue weighted by molar-refractivity contribution is 0.480. The van der Waals surface area contributed by atoms with E-state index in [0.717, 1.165) is 8.95 Å². The van der Waals surface area contributed by atoms with Crippen molar-refractivity contribution in [3.8, 4) is 0 Å². The second-order valence-corrected chi connectivity index (χ2v) is 7.99. The summed E-state index contributed by atoms with van der Waals surface area (Å²) in [6.45, 7) is 0. The molecule has 2 rings (SSSR count). The first-order valence-corrected chi connectivity index (χ1v) is 10.1. The van der Waals surface area contributed by atoms with Crippen LogP contribution >= 0.6 is 31.9 Å². The topological polar surface area (TPSA) is 12.0 Å². The lowest BCUT2D eigenvalue weighted by Crippen LogP contribution is -2.20. The molecule has 21 heavy (non-hydrogen) atoms. The quantitative estimate of drug-likeness (QED) is 0.533. The van der Waals surface area contributed by atoms with E-state index in [9.17, 15) is 0 Å². The lowest BCUT2D eigenvalue weighted by Gasteiger charge is -2.21. The van der Waals surface area contributed by atoms with Crippen molar-refractivity contribution in [2.75, 3.05) is 5.32 Å². The monoisotopic (exact) mass is 415 g/mol. The van der Waals surface area contributed by atoms with Gasteiger partial charge in [-0.15, -0.1) is 0 Å². The Morgan fingerprint density at radius 1 is 0.762 bits per heavy atom. The molecule has 0 saturated heterocycles. The zero-order chi connectivity index (χ0) is 14.9. The van der Waals surface area contributed by atoms with Crippen molar-refractivity contribution in [1.29, 1.82) is 0 Å². The molecule has 3 heteroatoms. The molecule has 1 aliphatic carbocycles. The Hall–Kier alpha value is -0.0200. The Balaban J connectivity index is 1.90. The fourth-order valence-electron chi connectivity index (χ4n) is 3.13. The molecule has 1 aliphatic rings. The third kappa shape index (κ3) is 6.73. The third-order valence-electron chi connectivity index (χ3n) is 4.40. The molecule has 0 radical (unpaired) electrons. The zero-order valence-electron chi connectivity index (χ0n) is 12.8. The highest BCUT2D eigenvalue weighted by Gasteiger charge is 2.11. The molecule has 0 spiro atoms. The molecule has 1 fully saturated rings. The van der Waals surface area contributed by atoms with Gasteiger partial charge in [0.1, 0.15) is 0 Å². The molecular formula is C18H27Br2N. The van der Waals surface area contributed by atoms with Crippen LogP contribution in [-0.2, 0) is 0 Å². The molecule has 1 N–H and O–H groups in total. The molecule has 0 heterocycles. The fraction of sp³-hybridized carbons (Fsp3) is 0.667. The van der Waals surface area contributed by atoms with Crippen molar-refractivity contribution >= 4 is 37.5 Å². The summed E-state index contributed by atoms with van der Waals surface area (Å²) >= 11 is 7.19. The maximum atomic E-state index is 3.76. The highest BCUT2D eigenvalue weighted by molar-refractivity contribution is 9.11. The average molecular weight is 417 g/mol. The summed E-state index contributed by atoms with van der Waals surface area (Å²) in [7, 11) is 0. The number of hydrogen-bond acceptors (Lipinski definition) is 1. The van der Waals surface area contributed by atoms with Gasteiger partial charge in [-0.1, -0.05) is 73.7 Å². The van der Waals surface area contributed by atoms with E-state index in [1.54, 1.807) is 0 Å². The number of anilines is 1. The van der Waals surface area contributed by atoms with Gasteiger partial charge in [0.25, 0.3) is 0 Å². The Morgan fingerprint density at radius 2 is 1.29 bits per heavy atom. The van der Waals surface area contributed by atoms with Crippen molar-refractivity contribution in [1.82, 2.24) is 0 Å². The molecule has 0 aromatic heterocycles. The molecule has 1 saturated carbocycles. The van der Waals surface area contributed by atoms with E-state index in [1.807, 2.05) is 0 Å². The Bertz CT molecular complexity index is 408. The lowest BCUT2D eigenvalue weighted by atomic mass is 9.98. The molecule has 118 valence electrons. The van der Waals surface area contributed by atoms with E-state index in [4.69, 9.17) is 0 Å². The maximum Gasteiger partial charge on any atom is 0.0487 e.